The predicted octanol–water partition coefficient (Wildman–Crippen LogP) is 2.34. The first-order valence-corrected chi connectivity index (χ1v) is 8.25. The van der Waals surface area contributed by atoms with Crippen LogP contribution >= 0.6 is 0 Å². The molecular weight excluding hydrogens is 326 g/mol. The number of carboxylic acids is 1. The number of ether oxygens (including phenoxy) is 4. The van der Waals surface area contributed by atoms with E-state index in [0.717, 1.165) is 12.0 Å². The summed E-state index contributed by atoms with van der Waals surface area (Å²) in [5.74, 6) is 0.871. The van der Waals surface area contributed by atoms with Gasteiger partial charge in [0.15, 0.2) is 23.0 Å². The molecule has 25 heavy (non-hydrogen) atoms. The molecule has 0 saturated heterocycles. The van der Waals surface area contributed by atoms with Gasteiger partial charge in [-0.3, -0.25) is 4.79 Å². The zero-order valence-electron chi connectivity index (χ0n) is 15.6. The highest BCUT2D eigenvalue weighted by atomic mass is 16.5. The second-order valence-corrected chi connectivity index (χ2v) is 5.81. The molecule has 1 aromatic rings. The van der Waals surface area contributed by atoms with Gasteiger partial charge in [0.2, 0.25) is 0 Å². The van der Waals surface area contributed by atoms with Gasteiger partial charge in [0.05, 0.1) is 34.4 Å². The molecule has 0 bridgehead atoms. The Kier molecular flexibility index (Phi) is 8.34. The Bertz CT molecular complexity index is 545. The summed E-state index contributed by atoms with van der Waals surface area (Å²) in [7, 11) is 6.24. The third-order valence-corrected chi connectivity index (χ3v) is 4.43. The van der Waals surface area contributed by atoms with E-state index >= 15 is 0 Å². The van der Waals surface area contributed by atoms with Crippen molar-refractivity contribution in [1.29, 1.82) is 0 Å². The summed E-state index contributed by atoms with van der Waals surface area (Å²) in [5, 5.41) is 9.28. The number of aliphatic carboxylic acids is 1. The van der Waals surface area contributed by atoms with Crippen molar-refractivity contribution in [2.45, 2.75) is 26.2 Å². The second-order valence-electron chi connectivity index (χ2n) is 5.81. The van der Waals surface area contributed by atoms with Crippen molar-refractivity contribution in [3.05, 3.63) is 11.6 Å². The number of hydrogen-bond acceptors (Lipinski definition) is 6. The van der Waals surface area contributed by atoms with Crippen LogP contribution in [0, 0.1) is 11.8 Å². The van der Waals surface area contributed by atoms with Gasteiger partial charge in [-0.05, 0) is 18.8 Å². The number of hydrogen-bond donors (Lipinski definition) is 2. The Morgan fingerprint density at radius 3 is 1.92 bits per heavy atom. The molecule has 0 radical (unpaired) electrons. The summed E-state index contributed by atoms with van der Waals surface area (Å²) in [6.45, 7) is 2.14. The molecule has 1 rings (SSSR count). The first-order valence-electron chi connectivity index (χ1n) is 8.25. The molecule has 0 aliphatic rings. The van der Waals surface area contributed by atoms with Crippen molar-refractivity contribution in [2.75, 3.05) is 35.0 Å². The maximum Gasteiger partial charge on any atom is 0.307 e. The lowest BCUT2D eigenvalue weighted by atomic mass is 9.86. The highest BCUT2D eigenvalue weighted by molar-refractivity contribution is 5.70. The van der Waals surface area contributed by atoms with Crippen LogP contribution in [0.15, 0.2) is 6.07 Å². The van der Waals surface area contributed by atoms with Crippen LogP contribution < -0.4 is 24.7 Å². The Labute approximate surface area is 149 Å². The van der Waals surface area contributed by atoms with Gasteiger partial charge in [-0.1, -0.05) is 13.3 Å². The van der Waals surface area contributed by atoms with Gasteiger partial charge in [-0.2, -0.15) is 0 Å². The zero-order chi connectivity index (χ0) is 19.0. The number of rotatable bonds is 11. The average molecular weight is 355 g/mol. The highest BCUT2D eigenvalue weighted by Crippen LogP contribution is 2.46. The van der Waals surface area contributed by atoms with E-state index in [-0.39, 0.29) is 12.5 Å². The van der Waals surface area contributed by atoms with Crippen molar-refractivity contribution >= 4 is 5.97 Å². The van der Waals surface area contributed by atoms with E-state index in [1.165, 1.54) is 0 Å². The SMILES string of the molecule is CCC(Cc1c(OC)c(OC)cc(OC)c1OC)CC(CN)C(=O)O. The molecule has 7 nitrogen and oxygen atoms in total. The Hall–Kier alpha value is -2.15. The van der Waals surface area contributed by atoms with Crippen LogP contribution in [0.1, 0.15) is 25.3 Å². The molecule has 2 unspecified atom stereocenters. The van der Waals surface area contributed by atoms with Crippen molar-refractivity contribution in [3.63, 3.8) is 0 Å². The van der Waals surface area contributed by atoms with Crippen LogP contribution in [0.3, 0.4) is 0 Å². The number of carboxylic acid groups (broad SMARTS) is 1. The van der Waals surface area contributed by atoms with E-state index in [1.54, 1.807) is 34.5 Å². The molecule has 0 heterocycles. The fourth-order valence-electron chi connectivity index (χ4n) is 2.97. The summed E-state index contributed by atoms with van der Waals surface area (Å²) in [4.78, 5) is 11.3. The molecule has 0 fully saturated rings. The van der Waals surface area contributed by atoms with Crippen molar-refractivity contribution < 1.29 is 28.8 Å². The minimum Gasteiger partial charge on any atom is -0.493 e. The van der Waals surface area contributed by atoms with Crippen LogP contribution in [-0.4, -0.2) is 46.1 Å². The Morgan fingerprint density at radius 2 is 1.60 bits per heavy atom. The van der Waals surface area contributed by atoms with Crippen LogP contribution in [-0.2, 0) is 11.2 Å². The molecule has 7 heteroatoms. The molecule has 1 aromatic carbocycles. The molecular formula is C18H29NO6. The van der Waals surface area contributed by atoms with E-state index in [4.69, 9.17) is 24.7 Å². The van der Waals surface area contributed by atoms with Gasteiger partial charge in [0, 0.05) is 18.2 Å². The van der Waals surface area contributed by atoms with E-state index in [1.807, 2.05) is 6.92 Å². The summed E-state index contributed by atoms with van der Waals surface area (Å²) in [6, 6.07) is 1.71. The molecule has 0 saturated carbocycles. The molecule has 3 N–H and O–H groups in total. The largest absolute Gasteiger partial charge is 0.493 e. The van der Waals surface area contributed by atoms with Crippen LogP contribution in [0.5, 0.6) is 23.0 Å². The Balaban J connectivity index is 3.30. The molecule has 142 valence electrons. The number of nitrogens with two attached hydrogens (primary N) is 1. The van der Waals surface area contributed by atoms with Crippen molar-refractivity contribution in [2.24, 2.45) is 17.6 Å². The van der Waals surface area contributed by atoms with Gasteiger partial charge in [-0.25, -0.2) is 0 Å². The summed E-state index contributed by atoms with van der Waals surface area (Å²) < 4.78 is 21.9. The fraction of sp³-hybridized carbons (Fsp3) is 0.611. The average Bonchev–Trinajstić information content (AvgIpc) is 2.63. The molecule has 0 aromatic heterocycles. The predicted molar refractivity (Wildman–Crippen MR) is 94.9 cm³/mol. The van der Waals surface area contributed by atoms with E-state index in [2.05, 4.69) is 0 Å². The zero-order valence-corrected chi connectivity index (χ0v) is 15.6. The van der Waals surface area contributed by atoms with Gasteiger partial charge >= 0.3 is 5.97 Å². The standard InChI is InChI=1S/C18H29NO6/c1-6-11(7-12(10-19)18(20)21)8-13-16(24-4)14(22-2)9-15(23-3)17(13)25-5/h9,11-12H,6-8,10,19H2,1-5H3,(H,20,21). The topological polar surface area (TPSA) is 100 Å². The van der Waals surface area contributed by atoms with Gasteiger partial charge in [0.25, 0.3) is 0 Å². The van der Waals surface area contributed by atoms with E-state index in [0.29, 0.717) is 35.8 Å². The molecule has 0 aliphatic carbocycles. The van der Waals surface area contributed by atoms with Crippen LogP contribution in [0.2, 0.25) is 0 Å². The summed E-state index contributed by atoms with van der Waals surface area (Å²) >= 11 is 0. The smallest absolute Gasteiger partial charge is 0.307 e. The fourth-order valence-corrected chi connectivity index (χ4v) is 2.97. The number of carbonyl (C=O) groups is 1. The first kappa shape index (κ1) is 20.9. The molecule has 0 amide bonds. The number of methoxy groups -OCH3 is 4. The Morgan fingerprint density at radius 1 is 1.08 bits per heavy atom. The quantitative estimate of drug-likeness (QED) is 0.628. The monoisotopic (exact) mass is 355 g/mol. The van der Waals surface area contributed by atoms with Crippen molar-refractivity contribution in [3.8, 4) is 23.0 Å². The maximum absolute atomic E-state index is 11.3. The lowest BCUT2D eigenvalue weighted by Crippen LogP contribution is -2.26. The van der Waals surface area contributed by atoms with Gasteiger partial charge in [-0.15, -0.1) is 0 Å². The van der Waals surface area contributed by atoms with Crippen LogP contribution in [0.25, 0.3) is 0 Å². The first-order chi connectivity index (χ1) is 12.0. The molecule has 2 atom stereocenters. The third-order valence-electron chi connectivity index (χ3n) is 4.43. The molecule has 0 aliphatic heterocycles. The third kappa shape index (κ3) is 4.92. The normalized spacial score (nSPS) is 13.0. The maximum atomic E-state index is 11.3. The summed E-state index contributed by atoms with van der Waals surface area (Å²) in [6.07, 6.45) is 1.85. The molecule has 0 spiro atoms. The second kappa shape index (κ2) is 9.98. The van der Waals surface area contributed by atoms with Gasteiger partial charge < -0.3 is 29.8 Å². The lowest BCUT2D eigenvalue weighted by Gasteiger charge is -2.23. The van der Waals surface area contributed by atoms with E-state index in [9.17, 15) is 9.90 Å². The minimum atomic E-state index is -0.872. The lowest BCUT2D eigenvalue weighted by molar-refractivity contribution is -0.142. The van der Waals surface area contributed by atoms with Crippen molar-refractivity contribution in [1.82, 2.24) is 0 Å². The minimum absolute atomic E-state index is 0.101. The van der Waals surface area contributed by atoms with Gasteiger partial charge in [0.1, 0.15) is 0 Å². The summed E-state index contributed by atoms with van der Waals surface area (Å²) in [5.41, 5.74) is 6.40. The number of benzene rings is 1. The highest BCUT2D eigenvalue weighted by Gasteiger charge is 2.26. The van der Waals surface area contributed by atoms with E-state index < -0.39 is 11.9 Å². The van der Waals surface area contributed by atoms with Crippen LogP contribution in [0.4, 0.5) is 0 Å².